The lowest BCUT2D eigenvalue weighted by atomic mass is 9.77. The summed E-state index contributed by atoms with van der Waals surface area (Å²) in [6, 6.07) is 14.5. The molecule has 0 saturated heterocycles. The molecule has 0 fully saturated rings. The molecule has 4 N–H and O–H groups in total. The smallest absolute Gasteiger partial charge is 0.0317 e. The maximum Gasteiger partial charge on any atom is 0.0317 e. The van der Waals surface area contributed by atoms with Crippen molar-refractivity contribution in [2.75, 3.05) is 11.5 Å². The third-order valence-corrected chi connectivity index (χ3v) is 4.17. The first-order chi connectivity index (χ1) is 8.59. The minimum absolute atomic E-state index is 0.0679. The normalized spacial score (nSPS) is 21.8. The predicted octanol–water partition coefficient (Wildman–Crippen LogP) is 3.10. The van der Waals surface area contributed by atoms with E-state index in [1.807, 2.05) is 18.2 Å². The standard InChI is InChI=1S/C16H18N2/c1-16(12-3-6-13(17)7-4-12)9-8-11-2-5-14(18)10-15(11)16/h2-7,10H,8-9,17-18H2,1H3. The first-order valence-corrected chi connectivity index (χ1v) is 6.34. The fraction of sp³-hybridized carbons (Fsp3) is 0.250. The zero-order valence-corrected chi connectivity index (χ0v) is 10.6. The number of anilines is 2. The van der Waals surface area contributed by atoms with Crippen LogP contribution < -0.4 is 11.5 Å². The Morgan fingerprint density at radius 2 is 1.61 bits per heavy atom. The summed E-state index contributed by atoms with van der Waals surface area (Å²) in [5, 5.41) is 0. The predicted molar refractivity (Wildman–Crippen MR) is 76.5 cm³/mol. The van der Waals surface area contributed by atoms with Gasteiger partial charge < -0.3 is 11.5 Å². The molecule has 2 nitrogen and oxygen atoms in total. The Kier molecular flexibility index (Phi) is 2.34. The zero-order valence-electron chi connectivity index (χ0n) is 10.6. The topological polar surface area (TPSA) is 52.0 Å². The summed E-state index contributed by atoms with van der Waals surface area (Å²) in [5.41, 5.74) is 17.5. The Bertz CT molecular complexity index is 587. The van der Waals surface area contributed by atoms with Crippen molar-refractivity contribution >= 4 is 11.4 Å². The molecule has 0 radical (unpaired) electrons. The van der Waals surface area contributed by atoms with E-state index in [0.717, 1.165) is 24.2 Å². The first kappa shape index (κ1) is 11.1. The van der Waals surface area contributed by atoms with E-state index < -0.39 is 0 Å². The quantitative estimate of drug-likeness (QED) is 0.750. The van der Waals surface area contributed by atoms with E-state index >= 15 is 0 Å². The van der Waals surface area contributed by atoms with Gasteiger partial charge in [-0.05, 0) is 53.8 Å². The first-order valence-electron chi connectivity index (χ1n) is 6.34. The van der Waals surface area contributed by atoms with Crippen LogP contribution in [0.2, 0.25) is 0 Å². The summed E-state index contributed by atoms with van der Waals surface area (Å²) < 4.78 is 0. The number of nitrogens with two attached hydrogens (primary N) is 2. The molecule has 0 amide bonds. The van der Waals surface area contributed by atoms with E-state index in [4.69, 9.17) is 11.5 Å². The number of rotatable bonds is 1. The third-order valence-electron chi connectivity index (χ3n) is 4.17. The number of hydrogen-bond donors (Lipinski definition) is 2. The lowest BCUT2D eigenvalue weighted by molar-refractivity contribution is 0.566. The molecule has 18 heavy (non-hydrogen) atoms. The molecular formula is C16H18N2. The van der Waals surface area contributed by atoms with Crippen molar-refractivity contribution in [2.24, 2.45) is 0 Å². The van der Waals surface area contributed by atoms with Crippen LogP contribution in [0.3, 0.4) is 0 Å². The molecule has 0 heterocycles. The van der Waals surface area contributed by atoms with Crippen LogP contribution in [0.4, 0.5) is 11.4 Å². The van der Waals surface area contributed by atoms with Gasteiger partial charge in [0.1, 0.15) is 0 Å². The Hall–Kier alpha value is -1.96. The largest absolute Gasteiger partial charge is 0.399 e. The molecule has 1 atom stereocenters. The van der Waals surface area contributed by atoms with E-state index in [0.29, 0.717) is 0 Å². The molecule has 0 aromatic heterocycles. The van der Waals surface area contributed by atoms with Gasteiger partial charge >= 0.3 is 0 Å². The third kappa shape index (κ3) is 1.57. The fourth-order valence-electron chi connectivity index (χ4n) is 3.00. The molecule has 92 valence electrons. The van der Waals surface area contributed by atoms with Crippen LogP contribution in [0.15, 0.2) is 42.5 Å². The lowest BCUT2D eigenvalue weighted by Gasteiger charge is -2.26. The molecule has 2 aromatic carbocycles. The highest BCUT2D eigenvalue weighted by Gasteiger charge is 2.35. The van der Waals surface area contributed by atoms with Gasteiger partial charge in [-0.1, -0.05) is 25.1 Å². The number of hydrogen-bond acceptors (Lipinski definition) is 2. The van der Waals surface area contributed by atoms with Crippen molar-refractivity contribution in [3.63, 3.8) is 0 Å². The van der Waals surface area contributed by atoms with Crippen molar-refractivity contribution in [1.82, 2.24) is 0 Å². The minimum Gasteiger partial charge on any atom is -0.399 e. The van der Waals surface area contributed by atoms with Crippen molar-refractivity contribution in [1.29, 1.82) is 0 Å². The Morgan fingerprint density at radius 3 is 2.33 bits per heavy atom. The second kappa shape index (κ2) is 3.77. The monoisotopic (exact) mass is 238 g/mol. The molecular weight excluding hydrogens is 220 g/mol. The van der Waals surface area contributed by atoms with Crippen molar-refractivity contribution in [2.45, 2.75) is 25.2 Å². The average Bonchev–Trinajstić information content (AvgIpc) is 2.69. The van der Waals surface area contributed by atoms with Crippen LogP contribution in [0.1, 0.15) is 30.0 Å². The number of fused-ring (bicyclic) bond motifs is 1. The van der Waals surface area contributed by atoms with E-state index in [1.165, 1.54) is 16.7 Å². The van der Waals surface area contributed by atoms with E-state index in [9.17, 15) is 0 Å². The van der Waals surface area contributed by atoms with E-state index in [-0.39, 0.29) is 5.41 Å². The highest BCUT2D eigenvalue weighted by Crippen LogP contribution is 2.44. The van der Waals surface area contributed by atoms with Crippen LogP contribution in [-0.2, 0) is 11.8 Å². The number of nitrogen functional groups attached to an aromatic ring is 2. The summed E-state index contributed by atoms with van der Waals surface area (Å²) in [7, 11) is 0. The van der Waals surface area contributed by atoms with Gasteiger partial charge in [0.2, 0.25) is 0 Å². The minimum atomic E-state index is 0.0679. The zero-order chi connectivity index (χ0) is 12.8. The Labute approximate surface area is 108 Å². The van der Waals surface area contributed by atoms with Gasteiger partial charge in [0.25, 0.3) is 0 Å². The van der Waals surface area contributed by atoms with Crippen molar-refractivity contribution in [3.8, 4) is 0 Å². The molecule has 1 unspecified atom stereocenters. The van der Waals surface area contributed by atoms with Gasteiger partial charge in [-0.25, -0.2) is 0 Å². The Morgan fingerprint density at radius 1 is 0.944 bits per heavy atom. The van der Waals surface area contributed by atoms with Crippen LogP contribution in [0, 0.1) is 0 Å². The van der Waals surface area contributed by atoms with Gasteiger partial charge in [-0.2, -0.15) is 0 Å². The lowest BCUT2D eigenvalue weighted by Crippen LogP contribution is -2.20. The highest BCUT2D eigenvalue weighted by atomic mass is 14.6. The second-order valence-electron chi connectivity index (χ2n) is 5.37. The molecule has 3 rings (SSSR count). The summed E-state index contributed by atoms with van der Waals surface area (Å²) >= 11 is 0. The van der Waals surface area contributed by atoms with Gasteiger partial charge in [0.15, 0.2) is 0 Å². The number of benzene rings is 2. The van der Waals surface area contributed by atoms with Crippen LogP contribution in [0.5, 0.6) is 0 Å². The maximum atomic E-state index is 5.93. The number of aryl methyl sites for hydroxylation is 1. The van der Waals surface area contributed by atoms with Crippen molar-refractivity contribution < 1.29 is 0 Å². The second-order valence-corrected chi connectivity index (χ2v) is 5.37. The molecule has 0 aliphatic heterocycles. The molecule has 2 aromatic rings. The van der Waals surface area contributed by atoms with E-state index in [1.54, 1.807) is 0 Å². The molecule has 2 heteroatoms. The molecule has 0 bridgehead atoms. The average molecular weight is 238 g/mol. The van der Waals surface area contributed by atoms with Gasteiger partial charge in [0.05, 0.1) is 0 Å². The summed E-state index contributed by atoms with van der Waals surface area (Å²) in [4.78, 5) is 0. The Balaban J connectivity index is 2.13. The summed E-state index contributed by atoms with van der Waals surface area (Å²) in [5.74, 6) is 0. The summed E-state index contributed by atoms with van der Waals surface area (Å²) in [6.07, 6.45) is 2.26. The van der Waals surface area contributed by atoms with Gasteiger partial charge in [-0.3, -0.25) is 0 Å². The molecule has 1 aliphatic carbocycles. The SMILES string of the molecule is CC1(c2ccc(N)cc2)CCc2ccc(N)cc21. The van der Waals surface area contributed by atoms with Crippen LogP contribution in [-0.4, -0.2) is 0 Å². The van der Waals surface area contributed by atoms with Crippen LogP contribution in [0.25, 0.3) is 0 Å². The fourth-order valence-corrected chi connectivity index (χ4v) is 3.00. The highest BCUT2D eigenvalue weighted by molar-refractivity contribution is 5.55. The maximum absolute atomic E-state index is 5.93. The van der Waals surface area contributed by atoms with Gasteiger partial charge in [-0.15, -0.1) is 0 Å². The van der Waals surface area contributed by atoms with E-state index in [2.05, 4.69) is 31.2 Å². The summed E-state index contributed by atoms with van der Waals surface area (Å²) in [6.45, 7) is 2.30. The molecule has 0 spiro atoms. The molecule has 1 aliphatic rings. The van der Waals surface area contributed by atoms with Gasteiger partial charge in [0, 0.05) is 16.8 Å². The molecule has 0 saturated carbocycles. The van der Waals surface area contributed by atoms with Crippen molar-refractivity contribution in [3.05, 3.63) is 59.2 Å². The van der Waals surface area contributed by atoms with Crippen LogP contribution >= 0.6 is 0 Å².